The van der Waals surface area contributed by atoms with Gasteiger partial charge in [0.25, 0.3) is 0 Å². The van der Waals surface area contributed by atoms with Gasteiger partial charge in [-0.1, -0.05) is 31.5 Å². The van der Waals surface area contributed by atoms with Crippen molar-refractivity contribution in [2.45, 2.75) is 69.7 Å². The van der Waals surface area contributed by atoms with Gasteiger partial charge in [0, 0.05) is 48.5 Å². The van der Waals surface area contributed by atoms with Gasteiger partial charge in [0.1, 0.15) is 47.6 Å². The van der Waals surface area contributed by atoms with Crippen LogP contribution in [0.1, 0.15) is 51.5 Å². The molecule has 50 heavy (non-hydrogen) atoms. The zero-order valence-corrected chi connectivity index (χ0v) is 29.4. The number of nitrogen functional groups attached to an aromatic ring is 1. The van der Waals surface area contributed by atoms with Crippen LogP contribution in [0.3, 0.4) is 0 Å². The van der Waals surface area contributed by atoms with E-state index in [1.54, 1.807) is 0 Å². The third-order valence-corrected chi connectivity index (χ3v) is 13.4. The summed E-state index contributed by atoms with van der Waals surface area (Å²) in [5.41, 5.74) is 5.82. The highest BCUT2D eigenvalue weighted by molar-refractivity contribution is 7.23. The molecule has 2 aromatic carbocycles. The monoisotopic (exact) mass is 723 g/mol. The molecule has 2 aromatic heterocycles. The Kier molecular flexibility index (Phi) is 7.42. The first kappa shape index (κ1) is 32.3. The van der Waals surface area contributed by atoms with E-state index in [1.165, 1.54) is 12.1 Å². The summed E-state index contributed by atoms with van der Waals surface area (Å²) in [7, 11) is 0. The van der Waals surface area contributed by atoms with Gasteiger partial charge in [-0.3, -0.25) is 4.90 Å². The first-order valence-electron chi connectivity index (χ1n) is 17.3. The third kappa shape index (κ3) is 4.57. The summed E-state index contributed by atoms with van der Waals surface area (Å²) in [4.78, 5) is 14.0. The molecule has 0 aliphatic carbocycles. The van der Waals surface area contributed by atoms with Crippen LogP contribution in [0.4, 0.5) is 24.0 Å². The Morgan fingerprint density at radius 2 is 2.10 bits per heavy atom. The summed E-state index contributed by atoms with van der Waals surface area (Å²) in [5, 5.41) is 14.3. The number of hydrogen-bond donors (Lipinski definition) is 2. The number of aromatic nitrogens is 2. The van der Waals surface area contributed by atoms with E-state index in [2.05, 4.69) is 40.0 Å². The number of nitrogens with zero attached hydrogens (tertiary/aromatic N) is 5. The maximum atomic E-state index is 17.4. The van der Waals surface area contributed by atoms with Crippen LogP contribution in [-0.2, 0) is 0 Å². The minimum absolute atomic E-state index is 0.00529. The summed E-state index contributed by atoms with van der Waals surface area (Å²) >= 11 is 8.07. The van der Waals surface area contributed by atoms with Crippen LogP contribution in [-0.4, -0.2) is 78.1 Å². The van der Waals surface area contributed by atoms with E-state index >= 15 is 8.78 Å². The number of piperidine rings is 1. The Labute approximate surface area is 296 Å². The number of ether oxygens (including phenoxy) is 2. The molecular weight excluding hydrogens is 687 g/mol. The van der Waals surface area contributed by atoms with Crippen LogP contribution < -0.4 is 25.4 Å². The van der Waals surface area contributed by atoms with Gasteiger partial charge in [-0.15, -0.1) is 11.3 Å². The van der Waals surface area contributed by atoms with Crippen LogP contribution in [0.2, 0.25) is 5.02 Å². The van der Waals surface area contributed by atoms with E-state index in [0.717, 1.165) is 50.1 Å². The smallest absolute Gasteiger partial charge is 0.319 e. The number of fused-ring (bicyclic) bond motifs is 4. The number of hydrogen-bond acceptors (Lipinski definition) is 10. The molecule has 9 nitrogen and oxygen atoms in total. The lowest BCUT2D eigenvalue weighted by Crippen LogP contribution is -2.71. The average molecular weight is 724 g/mol. The van der Waals surface area contributed by atoms with Crippen molar-refractivity contribution in [3.05, 3.63) is 34.4 Å². The molecule has 5 atom stereocenters. The molecule has 4 fully saturated rings. The summed E-state index contributed by atoms with van der Waals surface area (Å²) in [6.45, 7) is 7.63. The average Bonchev–Trinajstić information content (AvgIpc) is 3.69. The molecule has 4 saturated heterocycles. The van der Waals surface area contributed by atoms with Gasteiger partial charge in [0.05, 0.1) is 32.3 Å². The number of anilines is 2. The first-order valence-corrected chi connectivity index (χ1v) is 18.5. The summed E-state index contributed by atoms with van der Waals surface area (Å²) in [6, 6.07) is 4.93. The van der Waals surface area contributed by atoms with Crippen molar-refractivity contribution in [1.82, 2.24) is 20.2 Å². The van der Waals surface area contributed by atoms with Crippen LogP contribution in [0, 0.1) is 34.3 Å². The number of halogens is 4. The van der Waals surface area contributed by atoms with E-state index in [9.17, 15) is 9.65 Å². The number of nitrogens with one attached hydrogen (secondary N) is 1. The molecule has 5 aliphatic rings. The molecule has 0 radical (unpaired) electrons. The molecule has 1 spiro atoms. The van der Waals surface area contributed by atoms with Gasteiger partial charge in [-0.25, -0.2) is 13.2 Å². The van der Waals surface area contributed by atoms with Gasteiger partial charge in [0.15, 0.2) is 11.6 Å². The first-order chi connectivity index (χ1) is 24.0. The number of rotatable bonds is 5. The number of nitriles is 1. The van der Waals surface area contributed by atoms with Crippen molar-refractivity contribution < 1.29 is 22.6 Å². The fraction of sp³-hybridized carbons (Fsp3) is 0.528. The molecule has 0 bridgehead atoms. The lowest BCUT2D eigenvalue weighted by molar-refractivity contribution is 0.0214. The van der Waals surface area contributed by atoms with Crippen LogP contribution >= 0.6 is 22.9 Å². The number of thiophene rings is 1. The molecule has 14 heteroatoms. The van der Waals surface area contributed by atoms with Crippen molar-refractivity contribution >= 4 is 54.7 Å². The molecule has 7 heterocycles. The van der Waals surface area contributed by atoms with Gasteiger partial charge >= 0.3 is 6.01 Å². The molecule has 0 amide bonds. The van der Waals surface area contributed by atoms with Crippen molar-refractivity contribution in [2.24, 2.45) is 11.3 Å². The van der Waals surface area contributed by atoms with Crippen molar-refractivity contribution in [1.29, 1.82) is 5.26 Å². The zero-order chi connectivity index (χ0) is 34.7. The van der Waals surface area contributed by atoms with E-state index < -0.39 is 23.3 Å². The minimum Gasteiger partial charge on any atom is -0.489 e. The SMILES string of the molecule is CC(C)C1NCC12CC[C@H]1COc3c(Cl)c(-c4ccc(F)c5sc(N)c(C#N)c45)c(F)c4nc(OC[C@@]56CCCN5C[C@H](F)C6)nc(c34)N1C2. The maximum Gasteiger partial charge on any atom is 0.319 e. The standard InChI is InChI=1S/C36H37ClF3N7O2S/c1-17(2)31-35(14-43-31)8-6-19-13-48-29-25-28(27(40)24(26(29)37)20-4-5-22(39)30-23(20)21(11-41)32(42)50-30)44-34(45-33(25)47(19)15-35)49-16-36-7-3-9-46(36)12-18(38)10-36/h4-5,17-19,31,43H,3,6-10,12-16,42H2,1-2H3/t18-,19+,31?,35?,36+/m1/s1. The Morgan fingerprint density at radius 1 is 1.26 bits per heavy atom. The largest absolute Gasteiger partial charge is 0.489 e. The Balaban J connectivity index is 1.25. The predicted octanol–water partition coefficient (Wildman–Crippen LogP) is 6.83. The second kappa shape index (κ2) is 11.5. The predicted molar refractivity (Wildman–Crippen MR) is 188 cm³/mol. The summed E-state index contributed by atoms with van der Waals surface area (Å²) in [6.07, 6.45) is 3.01. The Hall–Kier alpha value is -3.57. The Morgan fingerprint density at radius 3 is 2.86 bits per heavy atom. The maximum absolute atomic E-state index is 17.4. The lowest BCUT2D eigenvalue weighted by atomic mass is 9.63. The van der Waals surface area contributed by atoms with Crippen LogP contribution in [0.15, 0.2) is 12.1 Å². The van der Waals surface area contributed by atoms with E-state index in [-0.39, 0.29) is 78.7 Å². The minimum atomic E-state index is -0.935. The fourth-order valence-electron chi connectivity index (χ4n) is 9.64. The topological polar surface area (TPSA) is 113 Å². The van der Waals surface area contributed by atoms with Crippen molar-refractivity contribution in [3.8, 4) is 29.0 Å². The van der Waals surface area contributed by atoms with Gasteiger partial charge in [-0.05, 0) is 49.8 Å². The number of alkyl halides is 1. The summed E-state index contributed by atoms with van der Waals surface area (Å²) < 4.78 is 60.1. The van der Waals surface area contributed by atoms with Crippen molar-refractivity contribution in [3.63, 3.8) is 0 Å². The van der Waals surface area contributed by atoms with Gasteiger partial charge < -0.3 is 25.4 Å². The highest BCUT2D eigenvalue weighted by Crippen LogP contribution is 2.53. The molecule has 9 rings (SSSR count). The Bertz CT molecular complexity index is 2130. The number of nitrogens with two attached hydrogens (primary N) is 1. The van der Waals surface area contributed by atoms with Crippen LogP contribution in [0.25, 0.3) is 32.1 Å². The van der Waals surface area contributed by atoms with E-state index in [4.69, 9.17) is 31.8 Å². The molecular formula is C36H37ClF3N7O2S. The van der Waals surface area contributed by atoms with Gasteiger partial charge in [0.2, 0.25) is 0 Å². The molecule has 3 N–H and O–H groups in total. The molecule has 2 unspecified atom stereocenters. The van der Waals surface area contributed by atoms with E-state index in [0.29, 0.717) is 42.7 Å². The molecule has 0 saturated carbocycles. The highest BCUT2D eigenvalue weighted by Gasteiger charge is 2.53. The quantitative estimate of drug-likeness (QED) is 0.229. The fourth-order valence-corrected chi connectivity index (χ4v) is 10.9. The lowest BCUT2D eigenvalue weighted by Gasteiger charge is -2.58. The van der Waals surface area contributed by atoms with E-state index in [1.807, 2.05) is 0 Å². The van der Waals surface area contributed by atoms with Crippen LogP contribution in [0.5, 0.6) is 11.8 Å². The molecule has 5 aliphatic heterocycles. The third-order valence-electron chi connectivity index (χ3n) is 12.0. The number of benzene rings is 2. The van der Waals surface area contributed by atoms with Gasteiger partial charge in [-0.2, -0.15) is 15.2 Å². The molecule has 4 aromatic rings. The zero-order valence-electron chi connectivity index (χ0n) is 27.8. The molecule has 262 valence electrons. The summed E-state index contributed by atoms with van der Waals surface area (Å²) in [5.74, 6) is -0.210. The second-order valence-electron chi connectivity index (χ2n) is 15.1. The normalized spacial score (nSPS) is 28.8. The van der Waals surface area contributed by atoms with Crippen molar-refractivity contribution in [2.75, 3.05) is 50.0 Å². The second-order valence-corrected chi connectivity index (χ2v) is 16.5. The highest BCUT2D eigenvalue weighted by atomic mass is 35.5.